The molecule has 0 bridgehead atoms. The maximum Gasteiger partial charge on any atom is 0.331 e. The maximum atomic E-state index is 12.1. The summed E-state index contributed by atoms with van der Waals surface area (Å²) in [5.74, 6) is 5.00. The van der Waals surface area contributed by atoms with Gasteiger partial charge in [0.25, 0.3) is 5.91 Å². The lowest BCUT2D eigenvalue weighted by molar-refractivity contribution is 0.0665. The molecule has 7 heteroatoms. The molecular weight excluding hydrogens is 234 g/mol. The zero-order valence-electron chi connectivity index (χ0n) is 9.87. The number of rotatable bonds is 1. The van der Waals surface area contributed by atoms with Crippen molar-refractivity contribution < 1.29 is 9.59 Å². The van der Waals surface area contributed by atoms with E-state index in [0.717, 1.165) is 0 Å². The van der Waals surface area contributed by atoms with E-state index in [2.05, 4.69) is 10.4 Å². The number of carbonyl (C=O) groups is 2. The first-order chi connectivity index (χ1) is 8.72. The van der Waals surface area contributed by atoms with E-state index in [1.165, 1.54) is 0 Å². The second-order valence-electron chi connectivity index (χ2n) is 3.97. The minimum atomic E-state index is -0.316. The van der Waals surface area contributed by atoms with Crippen LogP contribution in [0.4, 0.5) is 4.79 Å². The van der Waals surface area contributed by atoms with Gasteiger partial charge >= 0.3 is 6.03 Å². The largest absolute Gasteiger partial charge is 0.335 e. The van der Waals surface area contributed by atoms with Crippen LogP contribution in [0.15, 0.2) is 24.5 Å². The Morgan fingerprint density at radius 1 is 1.22 bits per heavy atom. The van der Waals surface area contributed by atoms with E-state index in [1.807, 2.05) is 0 Å². The first kappa shape index (κ1) is 12.3. The Balaban J connectivity index is 1.94. The lowest BCUT2D eigenvalue weighted by Gasteiger charge is -2.34. The average molecular weight is 249 g/mol. The number of piperazine rings is 1. The van der Waals surface area contributed by atoms with E-state index in [0.29, 0.717) is 31.7 Å². The van der Waals surface area contributed by atoms with Gasteiger partial charge in [-0.1, -0.05) is 0 Å². The molecule has 96 valence electrons. The molecule has 7 nitrogen and oxygen atoms in total. The van der Waals surface area contributed by atoms with Gasteiger partial charge in [0.15, 0.2) is 0 Å². The lowest BCUT2D eigenvalue weighted by Crippen LogP contribution is -2.54. The normalized spacial score (nSPS) is 15.4. The smallest absolute Gasteiger partial charge is 0.331 e. The molecule has 1 aliphatic rings. The third-order valence-electron chi connectivity index (χ3n) is 2.89. The molecular formula is C11H15N5O2. The van der Waals surface area contributed by atoms with E-state index in [4.69, 9.17) is 5.84 Å². The Bertz CT molecular complexity index is 428. The van der Waals surface area contributed by atoms with Crippen molar-refractivity contribution in [3.8, 4) is 0 Å². The molecule has 1 aromatic heterocycles. The van der Waals surface area contributed by atoms with E-state index >= 15 is 0 Å². The number of nitrogens with two attached hydrogens (primary N) is 1. The van der Waals surface area contributed by atoms with Crippen molar-refractivity contribution in [2.75, 3.05) is 26.2 Å². The van der Waals surface area contributed by atoms with E-state index in [-0.39, 0.29) is 11.9 Å². The van der Waals surface area contributed by atoms with E-state index in [9.17, 15) is 9.59 Å². The van der Waals surface area contributed by atoms with E-state index < -0.39 is 0 Å². The molecule has 0 unspecified atom stereocenters. The van der Waals surface area contributed by atoms with Crippen LogP contribution in [0.3, 0.4) is 0 Å². The number of carbonyl (C=O) groups excluding carboxylic acids is 2. The maximum absolute atomic E-state index is 12.1. The third kappa shape index (κ3) is 2.57. The molecule has 0 saturated carbocycles. The van der Waals surface area contributed by atoms with Crippen LogP contribution in [0.5, 0.6) is 0 Å². The van der Waals surface area contributed by atoms with Gasteiger partial charge in [-0.2, -0.15) is 0 Å². The summed E-state index contributed by atoms with van der Waals surface area (Å²) in [7, 11) is 0. The molecule has 1 aromatic rings. The van der Waals surface area contributed by atoms with E-state index in [1.54, 1.807) is 34.3 Å². The van der Waals surface area contributed by atoms with Crippen LogP contribution in [-0.2, 0) is 0 Å². The number of hydrazine groups is 1. The number of hydrogen-bond donors (Lipinski definition) is 2. The van der Waals surface area contributed by atoms with Crippen LogP contribution in [0, 0.1) is 0 Å². The molecule has 0 aromatic carbocycles. The molecule has 2 heterocycles. The zero-order valence-corrected chi connectivity index (χ0v) is 9.87. The number of urea groups is 1. The van der Waals surface area contributed by atoms with Gasteiger partial charge in [-0.3, -0.25) is 15.2 Å². The summed E-state index contributed by atoms with van der Waals surface area (Å²) in [4.78, 5) is 30.6. The molecule has 3 amide bonds. The average Bonchev–Trinajstić information content (AvgIpc) is 2.47. The Hall–Kier alpha value is -2.15. The Labute approximate surface area is 105 Å². The van der Waals surface area contributed by atoms with Gasteiger partial charge in [0.2, 0.25) is 0 Å². The van der Waals surface area contributed by atoms with Crippen molar-refractivity contribution in [1.82, 2.24) is 20.2 Å². The fourth-order valence-corrected chi connectivity index (χ4v) is 1.88. The molecule has 1 saturated heterocycles. The fraction of sp³-hybridized carbons (Fsp3) is 0.364. The quantitative estimate of drug-likeness (QED) is 0.396. The molecule has 0 spiro atoms. The molecule has 1 aliphatic heterocycles. The van der Waals surface area contributed by atoms with Gasteiger partial charge in [-0.15, -0.1) is 0 Å². The van der Waals surface area contributed by atoms with Crippen LogP contribution in [0.25, 0.3) is 0 Å². The van der Waals surface area contributed by atoms with Crippen LogP contribution >= 0.6 is 0 Å². The first-order valence-corrected chi connectivity index (χ1v) is 5.67. The monoisotopic (exact) mass is 249 g/mol. The summed E-state index contributed by atoms with van der Waals surface area (Å²) in [6.45, 7) is 1.96. The summed E-state index contributed by atoms with van der Waals surface area (Å²) < 4.78 is 0. The molecule has 3 N–H and O–H groups in total. The zero-order chi connectivity index (χ0) is 13.0. The number of aromatic nitrogens is 1. The highest BCUT2D eigenvalue weighted by Gasteiger charge is 2.24. The van der Waals surface area contributed by atoms with Gasteiger partial charge in [0, 0.05) is 38.6 Å². The predicted octanol–water partition coefficient (Wildman–Crippen LogP) is -0.577. The highest BCUT2D eigenvalue weighted by atomic mass is 16.2. The van der Waals surface area contributed by atoms with Gasteiger partial charge in [0.05, 0.1) is 5.56 Å². The van der Waals surface area contributed by atoms with Crippen molar-refractivity contribution in [3.05, 3.63) is 30.1 Å². The van der Waals surface area contributed by atoms with Crippen molar-refractivity contribution >= 4 is 11.9 Å². The summed E-state index contributed by atoms with van der Waals surface area (Å²) in [5, 5.41) is 0. The Kier molecular flexibility index (Phi) is 3.73. The second-order valence-corrected chi connectivity index (χ2v) is 3.97. The molecule has 2 rings (SSSR count). The second kappa shape index (κ2) is 5.46. The van der Waals surface area contributed by atoms with Crippen molar-refractivity contribution in [2.45, 2.75) is 0 Å². The summed E-state index contributed by atoms with van der Waals surface area (Å²) in [5.41, 5.74) is 2.65. The summed E-state index contributed by atoms with van der Waals surface area (Å²) in [6, 6.07) is 3.14. The number of nitrogens with zero attached hydrogens (tertiary/aromatic N) is 3. The lowest BCUT2D eigenvalue weighted by atomic mass is 10.2. The minimum Gasteiger partial charge on any atom is -0.335 e. The third-order valence-corrected chi connectivity index (χ3v) is 2.89. The standard InChI is InChI=1S/C11H15N5O2/c12-14-11(18)16-6-4-15(5-7-16)10(17)9-2-1-3-13-8-9/h1-3,8H,4-7,12H2,(H,14,18). The van der Waals surface area contributed by atoms with Crippen LogP contribution in [-0.4, -0.2) is 52.9 Å². The molecule has 18 heavy (non-hydrogen) atoms. The van der Waals surface area contributed by atoms with Crippen LogP contribution in [0.2, 0.25) is 0 Å². The molecule has 0 radical (unpaired) electrons. The summed E-state index contributed by atoms with van der Waals surface area (Å²) >= 11 is 0. The number of amides is 3. The van der Waals surface area contributed by atoms with Gasteiger partial charge < -0.3 is 9.80 Å². The molecule has 0 atom stereocenters. The van der Waals surface area contributed by atoms with Crippen LogP contribution < -0.4 is 11.3 Å². The van der Waals surface area contributed by atoms with Crippen molar-refractivity contribution in [2.24, 2.45) is 5.84 Å². The first-order valence-electron chi connectivity index (χ1n) is 5.67. The van der Waals surface area contributed by atoms with Crippen LogP contribution in [0.1, 0.15) is 10.4 Å². The number of pyridine rings is 1. The SMILES string of the molecule is NNC(=O)N1CCN(C(=O)c2cccnc2)CC1. The minimum absolute atomic E-state index is 0.0593. The number of hydrogen-bond acceptors (Lipinski definition) is 4. The van der Waals surface area contributed by atoms with Crippen molar-refractivity contribution in [1.29, 1.82) is 0 Å². The fourth-order valence-electron chi connectivity index (χ4n) is 1.88. The topological polar surface area (TPSA) is 91.6 Å². The Morgan fingerprint density at radius 2 is 1.89 bits per heavy atom. The molecule has 0 aliphatic carbocycles. The summed E-state index contributed by atoms with van der Waals surface area (Å²) in [6.07, 6.45) is 3.17. The Morgan fingerprint density at radius 3 is 2.44 bits per heavy atom. The predicted molar refractivity (Wildman–Crippen MR) is 64.4 cm³/mol. The van der Waals surface area contributed by atoms with Crippen molar-refractivity contribution in [3.63, 3.8) is 0 Å². The van der Waals surface area contributed by atoms with Gasteiger partial charge in [-0.25, -0.2) is 10.6 Å². The van der Waals surface area contributed by atoms with Gasteiger partial charge in [-0.05, 0) is 12.1 Å². The van der Waals surface area contributed by atoms with Gasteiger partial charge in [0.1, 0.15) is 0 Å². The highest BCUT2D eigenvalue weighted by Crippen LogP contribution is 2.07. The molecule has 1 fully saturated rings. The number of nitrogens with one attached hydrogen (secondary N) is 1. The highest BCUT2D eigenvalue weighted by molar-refractivity contribution is 5.94.